The molecule has 2 heterocycles. The number of halogens is 1. The summed E-state index contributed by atoms with van der Waals surface area (Å²) in [5, 5.41) is 0.685. The van der Waals surface area contributed by atoms with Crippen LogP contribution in [0.25, 0.3) is 0 Å². The first-order valence-electron chi connectivity index (χ1n) is 8.69. The van der Waals surface area contributed by atoms with Crippen LogP contribution in [0.1, 0.15) is 41.5 Å². The molecule has 6 nitrogen and oxygen atoms in total. The maximum absolute atomic E-state index is 12.8. The number of carbonyl (C=O) groups is 1. The number of hydrogen-bond acceptors (Lipinski definition) is 4. The molecule has 1 fully saturated rings. The van der Waals surface area contributed by atoms with Crippen LogP contribution in [0.5, 0.6) is 0 Å². The van der Waals surface area contributed by atoms with Crippen LogP contribution in [0.15, 0.2) is 35.3 Å². The normalized spacial score (nSPS) is 17.5. The van der Waals surface area contributed by atoms with E-state index in [1.54, 1.807) is 4.90 Å². The van der Waals surface area contributed by atoms with Crippen molar-refractivity contribution in [1.82, 2.24) is 14.9 Å². The molecule has 2 aromatic rings. The quantitative estimate of drug-likeness (QED) is 0.891. The number of H-pyrrole nitrogens is 1. The van der Waals surface area contributed by atoms with Gasteiger partial charge in [0.1, 0.15) is 11.4 Å². The summed E-state index contributed by atoms with van der Waals surface area (Å²) in [5.41, 5.74) is 0.643. The minimum atomic E-state index is -0.400. The minimum absolute atomic E-state index is 0.0628. The second kappa shape index (κ2) is 8.01. The first-order valence-corrected chi connectivity index (χ1v) is 9.07. The van der Waals surface area contributed by atoms with Gasteiger partial charge in [-0.15, -0.1) is 0 Å². The van der Waals surface area contributed by atoms with Gasteiger partial charge in [0.05, 0.1) is 12.7 Å². The summed E-state index contributed by atoms with van der Waals surface area (Å²) in [4.78, 5) is 33.5. The molecule has 1 aromatic heterocycles. The van der Waals surface area contributed by atoms with Crippen molar-refractivity contribution >= 4 is 17.5 Å². The Morgan fingerprint density at radius 3 is 2.88 bits per heavy atom. The van der Waals surface area contributed by atoms with E-state index in [0.717, 1.165) is 5.56 Å². The highest BCUT2D eigenvalue weighted by Crippen LogP contribution is 2.20. The molecule has 0 radical (unpaired) electrons. The van der Waals surface area contributed by atoms with Crippen LogP contribution in [0.2, 0.25) is 5.02 Å². The van der Waals surface area contributed by atoms with E-state index in [0.29, 0.717) is 37.0 Å². The molecule has 1 aliphatic rings. The molecule has 3 rings (SSSR count). The van der Waals surface area contributed by atoms with E-state index < -0.39 is 5.56 Å². The Labute approximate surface area is 157 Å². The van der Waals surface area contributed by atoms with E-state index in [1.165, 1.54) is 6.20 Å². The molecule has 1 saturated heterocycles. The van der Waals surface area contributed by atoms with Crippen LogP contribution in [-0.2, 0) is 11.2 Å². The van der Waals surface area contributed by atoms with Gasteiger partial charge in [0.25, 0.3) is 11.5 Å². The third-order valence-electron chi connectivity index (χ3n) is 4.43. The number of carbonyl (C=O) groups excluding carboxylic acids is 1. The molecule has 138 valence electrons. The van der Waals surface area contributed by atoms with Crippen LogP contribution in [0.4, 0.5) is 0 Å². The molecule has 26 heavy (non-hydrogen) atoms. The summed E-state index contributed by atoms with van der Waals surface area (Å²) in [6.45, 7) is 5.15. The molecule has 1 aliphatic heterocycles. The Morgan fingerprint density at radius 1 is 1.42 bits per heavy atom. The average molecular weight is 376 g/mol. The van der Waals surface area contributed by atoms with Crippen molar-refractivity contribution in [3.63, 3.8) is 0 Å². The van der Waals surface area contributed by atoms with E-state index >= 15 is 0 Å². The number of morpholine rings is 1. The molecule has 1 amide bonds. The van der Waals surface area contributed by atoms with Gasteiger partial charge in [-0.1, -0.05) is 43.6 Å². The topological polar surface area (TPSA) is 75.3 Å². The Morgan fingerprint density at radius 2 is 2.19 bits per heavy atom. The zero-order chi connectivity index (χ0) is 18.7. The van der Waals surface area contributed by atoms with Gasteiger partial charge in [-0.2, -0.15) is 0 Å². The number of aromatic amines is 1. The third kappa shape index (κ3) is 4.14. The van der Waals surface area contributed by atoms with Crippen molar-refractivity contribution in [2.24, 2.45) is 0 Å². The van der Waals surface area contributed by atoms with Crippen molar-refractivity contribution in [1.29, 1.82) is 0 Å². The lowest BCUT2D eigenvalue weighted by Crippen LogP contribution is -2.47. The molecular weight excluding hydrogens is 354 g/mol. The Hall–Kier alpha value is -2.18. The van der Waals surface area contributed by atoms with Gasteiger partial charge < -0.3 is 14.6 Å². The van der Waals surface area contributed by atoms with Gasteiger partial charge in [-0.3, -0.25) is 9.59 Å². The number of nitrogens with one attached hydrogen (secondary N) is 1. The molecule has 7 heteroatoms. The zero-order valence-electron chi connectivity index (χ0n) is 14.9. The first-order chi connectivity index (χ1) is 12.5. The standard InChI is InChI=1S/C19H22ClN3O3/c1-12(2)17-21-10-15(18(24)22-17)19(25)23-7-8-26-14(11-23)9-13-5-3-4-6-16(13)20/h3-6,10,12,14H,7-9,11H2,1-2H3,(H,21,22,24). The summed E-state index contributed by atoms with van der Waals surface area (Å²) in [6, 6.07) is 7.59. The lowest BCUT2D eigenvalue weighted by atomic mass is 10.1. The highest BCUT2D eigenvalue weighted by atomic mass is 35.5. The number of aromatic nitrogens is 2. The molecular formula is C19H22ClN3O3. The number of hydrogen-bond donors (Lipinski definition) is 1. The number of nitrogens with zero attached hydrogens (tertiary/aromatic N) is 2. The number of benzene rings is 1. The molecule has 0 saturated carbocycles. The fourth-order valence-corrected chi connectivity index (χ4v) is 3.17. The summed E-state index contributed by atoms with van der Waals surface area (Å²) >= 11 is 6.21. The SMILES string of the molecule is CC(C)c1ncc(C(=O)N2CCOC(Cc3ccccc3Cl)C2)c(=O)[nH]1. The van der Waals surface area contributed by atoms with Crippen LogP contribution in [0, 0.1) is 0 Å². The van der Waals surface area contributed by atoms with Gasteiger partial charge in [-0.05, 0) is 11.6 Å². The Kier molecular flexibility index (Phi) is 5.74. The van der Waals surface area contributed by atoms with Gasteiger partial charge in [0.2, 0.25) is 0 Å². The van der Waals surface area contributed by atoms with Crippen molar-refractivity contribution in [2.75, 3.05) is 19.7 Å². The molecule has 1 N–H and O–H groups in total. The minimum Gasteiger partial charge on any atom is -0.374 e. The highest BCUT2D eigenvalue weighted by Gasteiger charge is 2.27. The Bertz CT molecular complexity index is 850. The number of amides is 1. The van der Waals surface area contributed by atoms with Crippen molar-refractivity contribution in [2.45, 2.75) is 32.3 Å². The van der Waals surface area contributed by atoms with Crippen molar-refractivity contribution in [3.8, 4) is 0 Å². The monoisotopic (exact) mass is 375 g/mol. The van der Waals surface area contributed by atoms with E-state index in [9.17, 15) is 9.59 Å². The predicted molar refractivity (Wildman–Crippen MR) is 99.7 cm³/mol. The largest absolute Gasteiger partial charge is 0.374 e. The van der Waals surface area contributed by atoms with E-state index in [1.807, 2.05) is 38.1 Å². The van der Waals surface area contributed by atoms with E-state index in [2.05, 4.69) is 9.97 Å². The highest BCUT2D eigenvalue weighted by molar-refractivity contribution is 6.31. The summed E-state index contributed by atoms with van der Waals surface area (Å²) in [6.07, 6.45) is 1.83. The van der Waals surface area contributed by atoms with Gasteiger partial charge in [-0.25, -0.2) is 4.98 Å². The molecule has 0 aliphatic carbocycles. The summed E-state index contributed by atoms with van der Waals surface area (Å²) < 4.78 is 5.78. The van der Waals surface area contributed by atoms with Crippen LogP contribution < -0.4 is 5.56 Å². The van der Waals surface area contributed by atoms with E-state index in [4.69, 9.17) is 16.3 Å². The second-order valence-electron chi connectivity index (χ2n) is 6.71. The predicted octanol–water partition coefficient (Wildman–Crippen LogP) is 2.63. The number of ether oxygens (including phenoxy) is 1. The second-order valence-corrected chi connectivity index (χ2v) is 7.11. The molecule has 0 spiro atoms. The lowest BCUT2D eigenvalue weighted by molar-refractivity contribution is -0.0208. The fraction of sp³-hybridized carbons (Fsp3) is 0.421. The van der Waals surface area contributed by atoms with E-state index in [-0.39, 0.29) is 23.5 Å². The van der Waals surface area contributed by atoms with Crippen LogP contribution in [0.3, 0.4) is 0 Å². The molecule has 1 unspecified atom stereocenters. The lowest BCUT2D eigenvalue weighted by Gasteiger charge is -2.33. The van der Waals surface area contributed by atoms with Gasteiger partial charge >= 0.3 is 0 Å². The maximum Gasteiger partial charge on any atom is 0.263 e. The summed E-state index contributed by atoms with van der Waals surface area (Å²) in [5.74, 6) is 0.349. The third-order valence-corrected chi connectivity index (χ3v) is 4.80. The van der Waals surface area contributed by atoms with Crippen LogP contribution in [-0.4, -0.2) is 46.6 Å². The average Bonchev–Trinajstić information content (AvgIpc) is 2.63. The molecule has 0 bridgehead atoms. The summed E-state index contributed by atoms with van der Waals surface area (Å²) in [7, 11) is 0. The Balaban J connectivity index is 1.72. The van der Waals surface area contributed by atoms with Gasteiger partial charge in [0.15, 0.2) is 0 Å². The smallest absolute Gasteiger partial charge is 0.263 e. The van der Waals surface area contributed by atoms with Crippen LogP contribution >= 0.6 is 11.6 Å². The molecule has 1 aromatic carbocycles. The molecule has 1 atom stereocenters. The van der Waals surface area contributed by atoms with Crippen molar-refractivity contribution in [3.05, 3.63) is 62.8 Å². The first kappa shape index (κ1) is 18.6. The maximum atomic E-state index is 12.8. The zero-order valence-corrected chi connectivity index (χ0v) is 15.6. The number of rotatable bonds is 4. The van der Waals surface area contributed by atoms with Crippen molar-refractivity contribution < 1.29 is 9.53 Å². The van der Waals surface area contributed by atoms with Gasteiger partial charge in [0, 0.05) is 36.6 Å². The fourth-order valence-electron chi connectivity index (χ4n) is 2.96.